The fourth-order valence-corrected chi connectivity index (χ4v) is 3.32. The first-order chi connectivity index (χ1) is 14.8. The van der Waals surface area contributed by atoms with Crippen molar-refractivity contribution in [3.05, 3.63) is 89.6 Å². The van der Waals surface area contributed by atoms with E-state index in [-0.39, 0.29) is 24.1 Å². The van der Waals surface area contributed by atoms with Gasteiger partial charge in [-0.2, -0.15) is 5.10 Å². The van der Waals surface area contributed by atoms with Gasteiger partial charge in [0.25, 0.3) is 5.89 Å². The lowest BCUT2D eigenvalue weighted by atomic mass is 9.96. The summed E-state index contributed by atoms with van der Waals surface area (Å²) in [6.45, 7) is 0. The van der Waals surface area contributed by atoms with Gasteiger partial charge in [-0.3, -0.25) is 9.79 Å². The highest BCUT2D eigenvalue weighted by Crippen LogP contribution is 2.23. The molecule has 0 unspecified atom stereocenters. The van der Waals surface area contributed by atoms with Gasteiger partial charge < -0.3 is 9.73 Å². The van der Waals surface area contributed by atoms with Crippen molar-refractivity contribution >= 4 is 17.5 Å². The fraction of sp³-hybridized carbons (Fsp3) is 0.0909. The van der Waals surface area contributed by atoms with Crippen molar-refractivity contribution < 1.29 is 9.21 Å². The molecule has 1 N–H and O–H groups in total. The Balaban J connectivity index is 1.51. The minimum absolute atomic E-state index is 0.0902. The van der Waals surface area contributed by atoms with E-state index in [0.717, 1.165) is 22.4 Å². The van der Waals surface area contributed by atoms with Gasteiger partial charge in [0, 0.05) is 23.7 Å². The van der Waals surface area contributed by atoms with Crippen molar-refractivity contribution in [2.24, 2.45) is 4.99 Å². The van der Waals surface area contributed by atoms with Gasteiger partial charge in [0.05, 0.1) is 5.71 Å². The molecule has 2 aromatic carbocycles. The fourth-order valence-electron chi connectivity index (χ4n) is 3.32. The first-order valence-corrected chi connectivity index (χ1v) is 9.40. The lowest BCUT2D eigenvalue weighted by Crippen LogP contribution is -2.29. The predicted molar refractivity (Wildman–Crippen MR) is 110 cm³/mol. The van der Waals surface area contributed by atoms with Crippen LogP contribution in [-0.4, -0.2) is 38.1 Å². The quantitative estimate of drug-likeness (QED) is 0.565. The molecule has 30 heavy (non-hydrogen) atoms. The van der Waals surface area contributed by atoms with E-state index >= 15 is 0 Å². The molecule has 0 spiro atoms. The minimum atomic E-state index is -0.859. The second-order valence-electron chi connectivity index (χ2n) is 6.71. The molecule has 1 aliphatic rings. The van der Waals surface area contributed by atoms with Gasteiger partial charge >= 0.3 is 6.01 Å². The number of Topliss-reactive ketones (excluding diaryl/α,β-unsaturated/α-hetero) is 1. The van der Waals surface area contributed by atoms with Crippen LogP contribution < -0.4 is 5.32 Å². The van der Waals surface area contributed by atoms with E-state index in [1.807, 2.05) is 54.6 Å². The van der Waals surface area contributed by atoms with Gasteiger partial charge in [-0.25, -0.2) is 0 Å². The maximum atomic E-state index is 13.0. The zero-order valence-corrected chi connectivity index (χ0v) is 15.8. The molecule has 2 aromatic heterocycles. The summed E-state index contributed by atoms with van der Waals surface area (Å²) < 4.78 is 5.62. The maximum Gasteiger partial charge on any atom is 0.317 e. The number of aliphatic imine (C=N–C) groups is 1. The third-order valence-electron chi connectivity index (χ3n) is 4.72. The summed E-state index contributed by atoms with van der Waals surface area (Å²) in [6.07, 6.45) is 0.947. The number of ketones is 1. The Bertz CT molecular complexity index is 1220. The Morgan fingerprint density at radius 3 is 2.57 bits per heavy atom. The third kappa shape index (κ3) is 3.46. The van der Waals surface area contributed by atoms with Crippen LogP contribution in [0.1, 0.15) is 16.7 Å². The molecular weight excluding hydrogens is 380 g/mol. The van der Waals surface area contributed by atoms with Crippen LogP contribution in [0.2, 0.25) is 0 Å². The lowest BCUT2D eigenvalue weighted by molar-refractivity contribution is -0.119. The van der Waals surface area contributed by atoms with E-state index in [0.29, 0.717) is 5.69 Å². The van der Waals surface area contributed by atoms with E-state index in [2.05, 4.69) is 25.7 Å². The molecule has 0 saturated heterocycles. The number of nitrogens with one attached hydrogen (secondary N) is 1. The van der Waals surface area contributed by atoms with Gasteiger partial charge in [-0.1, -0.05) is 59.7 Å². The van der Waals surface area contributed by atoms with Crippen molar-refractivity contribution in [1.29, 1.82) is 0 Å². The molecule has 0 saturated carbocycles. The van der Waals surface area contributed by atoms with Crippen LogP contribution in [0.3, 0.4) is 0 Å². The molecule has 0 radical (unpaired) electrons. The Labute approximate surface area is 171 Å². The Morgan fingerprint density at radius 2 is 1.73 bits per heavy atom. The molecule has 3 heterocycles. The highest BCUT2D eigenvalue weighted by atomic mass is 16.4. The topological polar surface area (TPSA) is 106 Å². The number of carbonyl (C=O) groups excluding carboxylic acids is 1. The summed E-state index contributed by atoms with van der Waals surface area (Å²) >= 11 is 0. The monoisotopic (exact) mass is 396 g/mol. The van der Waals surface area contributed by atoms with E-state index in [1.54, 1.807) is 18.3 Å². The maximum absolute atomic E-state index is 13.0. The molecule has 5 rings (SSSR count). The molecule has 8 heteroatoms. The van der Waals surface area contributed by atoms with Gasteiger partial charge in [0.2, 0.25) is 0 Å². The molecule has 8 nitrogen and oxygen atoms in total. The minimum Gasteiger partial charge on any atom is -0.402 e. The summed E-state index contributed by atoms with van der Waals surface area (Å²) in [6, 6.07) is 21.1. The first kappa shape index (κ1) is 17.9. The Morgan fingerprint density at radius 1 is 0.900 bits per heavy atom. The van der Waals surface area contributed by atoms with Crippen molar-refractivity contribution in [2.45, 2.75) is 12.6 Å². The van der Waals surface area contributed by atoms with Crippen LogP contribution in [0, 0.1) is 0 Å². The van der Waals surface area contributed by atoms with E-state index in [4.69, 9.17) is 9.41 Å². The number of rotatable bonds is 4. The van der Waals surface area contributed by atoms with Gasteiger partial charge in [-0.15, -0.1) is 10.2 Å². The van der Waals surface area contributed by atoms with Crippen LogP contribution in [0.25, 0.3) is 11.6 Å². The summed E-state index contributed by atoms with van der Waals surface area (Å²) in [5, 5.41) is 18.7. The molecule has 0 fully saturated rings. The van der Waals surface area contributed by atoms with Crippen LogP contribution in [0.4, 0.5) is 6.01 Å². The molecule has 0 amide bonds. The largest absolute Gasteiger partial charge is 0.402 e. The number of anilines is 1. The molecule has 0 bridgehead atoms. The van der Waals surface area contributed by atoms with Gasteiger partial charge in [-0.05, 0) is 17.7 Å². The first-order valence-electron chi connectivity index (χ1n) is 9.40. The van der Waals surface area contributed by atoms with Crippen molar-refractivity contribution in [3.63, 3.8) is 0 Å². The van der Waals surface area contributed by atoms with E-state index in [1.165, 1.54) is 0 Å². The summed E-state index contributed by atoms with van der Waals surface area (Å²) in [4.78, 5) is 17.7. The van der Waals surface area contributed by atoms with Crippen LogP contribution in [-0.2, 0) is 11.2 Å². The number of carbonyl (C=O) groups is 1. The number of hydrogen-bond acceptors (Lipinski definition) is 8. The van der Waals surface area contributed by atoms with Gasteiger partial charge in [0.15, 0.2) is 11.9 Å². The number of hydrogen-bond donors (Lipinski definition) is 1. The zero-order chi connectivity index (χ0) is 20.3. The standard InChI is InChI=1S/C22H16N6O2/c29-18-13-15-9-4-5-10-16(15)19(14-7-2-1-3-8-14)24-20(18)25-22-28-27-21(30-22)17-11-6-12-23-26-17/h1-12,20H,13H2,(H,25,28)/t20-/m1/s1. The number of aromatic nitrogens is 4. The smallest absolute Gasteiger partial charge is 0.317 e. The lowest BCUT2D eigenvalue weighted by Gasteiger charge is -2.11. The SMILES string of the molecule is O=C1Cc2ccccc2C(c2ccccc2)=N[C@@H]1Nc1nnc(-c2cccnn2)o1. The molecule has 1 aliphatic heterocycles. The Kier molecular flexibility index (Phi) is 4.57. The highest BCUT2D eigenvalue weighted by Gasteiger charge is 2.27. The predicted octanol–water partition coefficient (Wildman–Crippen LogP) is 2.93. The zero-order valence-electron chi connectivity index (χ0n) is 15.8. The number of nitrogens with zero attached hydrogens (tertiary/aromatic N) is 5. The van der Waals surface area contributed by atoms with Crippen LogP contribution >= 0.6 is 0 Å². The summed E-state index contributed by atoms with van der Waals surface area (Å²) in [5.41, 5.74) is 3.99. The van der Waals surface area contributed by atoms with Crippen molar-refractivity contribution in [3.8, 4) is 11.6 Å². The highest BCUT2D eigenvalue weighted by molar-refractivity contribution is 6.16. The molecule has 1 atom stereocenters. The molecule has 4 aromatic rings. The van der Waals surface area contributed by atoms with Crippen LogP contribution in [0.5, 0.6) is 0 Å². The normalized spacial score (nSPS) is 15.8. The van der Waals surface area contributed by atoms with E-state index in [9.17, 15) is 4.79 Å². The average molecular weight is 396 g/mol. The van der Waals surface area contributed by atoms with Crippen LogP contribution in [0.15, 0.2) is 82.3 Å². The number of benzene rings is 2. The van der Waals surface area contributed by atoms with Crippen molar-refractivity contribution in [1.82, 2.24) is 20.4 Å². The second kappa shape index (κ2) is 7.67. The molecular formula is C22H16N6O2. The average Bonchev–Trinajstić information content (AvgIpc) is 3.21. The summed E-state index contributed by atoms with van der Waals surface area (Å²) in [7, 11) is 0. The third-order valence-corrected chi connectivity index (χ3v) is 4.72. The summed E-state index contributed by atoms with van der Waals surface area (Å²) in [5.74, 6) is 0.120. The number of fused-ring (bicyclic) bond motifs is 1. The van der Waals surface area contributed by atoms with E-state index < -0.39 is 6.17 Å². The van der Waals surface area contributed by atoms with Gasteiger partial charge in [0.1, 0.15) is 5.69 Å². The molecule has 0 aliphatic carbocycles. The second-order valence-corrected chi connectivity index (χ2v) is 6.71. The molecule has 146 valence electrons. The van der Waals surface area contributed by atoms with Crippen molar-refractivity contribution in [2.75, 3.05) is 5.32 Å². The Hall–Kier alpha value is -4.20.